The molecule has 0 N–H and O–H groups in total. The minimum absolute atomic E-state index is 0.126. The molecule has 7 heteroatoms. The average Bonchev–Trinajstić information content (AvgIpc) is 3.34. The Morgan fingerprint density at radius 2 is 1.81 bits per heavy atom. The number of likely N-dealkylation sites (tertiary alicyclic amines) is 2. The molecule has 31 heavy (non-hydrogen) atoms. The van der Waals surface area contributed by atoms with Gasteiger partial charge >= 0.3 is 0 Å². The summed E-state index contributed by atoms with van der Waals surface area (Å²) in [5, 5.41) is 4.85. The second-order valence-electron chi connectivity index (χ2n) is 9.80. The van der Waals surface area contributed by atoms with Gasteiger partial charge < -0.3 is 9.80 Å². The Balaban J connectivity index is 1.50. The van der Waals surface area contributed by atoms with Crippen LogP contribution in [0.1, 0.15) is 68.6 Å². The first-order valence-corrected chi connectivity index (χ1v) is 11.6. The van der Waals surface area contributed by atoms with E-state index in [0.29, 0.717) is 24.7 Å². The first-order chi connectivity index (χ1) is 14.7. The number of rotatable bonds is 4. The summed E-state index contributed by atoms with van der Waals surface area (Å²) in [7, 11) is 0. The van der Waals surface area contributed by atoms with Crippen LogP contribution >= 0.6 is 0 Å². The van der Waals surface area contributed by atoms with Crippen molar-refractivity contribution in [2.75, 3.05) is 26.2 Å². The van der Waals surface area contributed by atoms with Crippen LogP contribution in [0.3, 0.4) is 0 Å². The zero-order chi connectivity index (χ0) is 22.3. The second kappa shape index (κ2) is 8.60. The highest BCUT2D eigenvalue weighted by molar-refractivity contribution is 5.76. The summed E-state index contributed by atoms with van der Waals surface area (Å²) in [5.74, 6) is 1.78. The minimum atomic E-state index is 0.126. The van der Waals surface area contributed by atoms with Crippen molar-refractivity contribution in [3.8, 4) is 0 Å². The summed E-state index contributed by atoms with van der Waals surface area (Å²) in [6.45, 7) is 13.5. The van der Waals surface area contributed by atoms with Crippen molar-refractivity contribution in [2.45, 2.75) is 66.2 Å². The van der Waals surface area contributed by atoms with Gasteiger partial charge in [-0.2, -0.15) is 5.10 Å². The van der Waals surface area contributed by atoms with Gasteiger partial charge in [0.2, 0.25) is 11.8 Å². The zero-order valence-electron chi connectivity index (χ0n) is 19.5. The van der Waals surface area contributed by atoms with Crippen molar-refractivity contribution in [2.24, 2.45) is 11.8 Å². The van der Waals surface area contributed by atoms with Gasteiger partial charge in [0.25, 0.3) is 0 Å². The van der Waals surface area contributed by atoms with E-state index in [2.05, 4.69) is 26.8 Å². The van der Waals surface area contributed by atoms with Crippen molar-refractivity contribution in [1.29, 1.82) is 0 Å². The maximum absolute atomic E-state index is 12.9. The van der Waals surface area contributed by atoms with Gasteiger partial charge in [-0.3, -0.25) is 9.59 Å². The van der Waals surface area contributed by atoms with Gasteiger partial charge in [0, 0.05) is 62.9 Å². The molecule has 0 spiro atoms. The molecule has 2 fully saturated rings. The van der Waals surface area contributed by atoms with Crippen LogP contribution in [0, 0.1) is 25.7 Å². The van der Waals surface area contributed by atoms with Crippen molar-refractivity contribution >= 4 is 17.5 Å². The average molecular weight is 426 g/mol. The molecule has 0 bridgehead atoms. The van der Waals surface area contributed by atoms with E-state index in [9.17, 15) is 9.59 Å². The summed E-state index contributed by atoms with van der Waals surface area (Å²) < 4.78 is 1.92. The summed E-state index contributed by atoms with van der Waals surface area (Å²) in [6, 6.07) is 2.06. The van der Waals surface area contributed by atoms with Crippen LogP contribution in [0.5, 0.6) is 0 Å². The van der Waals surface area contributed by atoms with Gasteiger partial charge in [0.05, 0.1) is 5.69 Å². The number of aryl methyl sites for hydroxylation is 2. The smallest absolute Gasteiger partial charge is 0.222 e. The fourth-order valence-electron chi connectivity index (χ4n) is 5.45. The molecule has 2 amide bonds. The van der Waals surface area contributed by atoms with Crippen LogP contribution in [0.15, 0.2) is 6.07 Å². The fraction of sp³-hybridized carbons (Fsp3) is 0.667. The largest absolute Gasteiger partial charge is 0.342 e. The molecule has 2 aliphatic heterocycles. The van der Waals surface area contributed by atoms with Gasteiger partial charge in [-0.1, -0.05) is 13.8 Å². The van der Waals surface area contributed by atoms with Crippen LogP contribution in [0.2, 0.25) is 0 Å². The van der Waals surface area contributed by atoms with E-state index < -0.39 is 0 Å². The standard InChI is InChI=1S/C24H35N5O2/c1-15-10-16(2)13-28(12-15)24(31)7-6-21-17(3)25-23-11-22(26-29(23)18(21)4)20-8-9-27(14-20)19(5)30/h11,15-16,20H,6-10,12-14H2,1-5H3. The maximum Gasteiger partial charge on any atom is 0.222 e. The third-order valence-corrected chi connectivity index (χ3v) is 7.05. The van der Waals surface area contributed by atoms with Gasteiger partial charge in [0.1, 0.15) is 0 Å². The molecule has 168 valence electrons. The topological polar surface area (TPSA) is 70.8 Å². The molecule has 0 saturated carbocycles. The van der Waals surface area contributed by atoms with Gasteiger partial charge in [-0.15, -0.1) is 0 Å². The van der Waals surface area contributed by atoms with E-state index in [1.807, 2.05) is 21.2 Å². The normalized spacial score (nSPS) is 24.2. The number of aromatic nitrogens is 3. The molecule has 2 aliphatic rings. The van der Waals surface area contributed by atoms with E-state index >= 15 is 0 Å². The SMILES string of the molecule is CC(=O)N1CCC(c2cc3nc(C)c(CCC(=O)N4CC(C)CC(C)C4)c(C)n3n2)C1. The van der Waals surface area contributed by atoms with E-state index in [1.54, 1.807) is 6.92 Å². The highest BCUT2D eigenvalue weighted by Gasteiger charge is 2.28. The Hall–Kier alpha value is -2.44. The Labute approximate surface area is 184 Å². The molecule has 7 nitrogen and oxygen atoms in total. The Kier molecular flexibility index (Phi) is 6.04. The molecule has 2 aromatic heterocycles. The van der Waals surface area contributed by atoms with E-state index in [0.717, 1.165) is 60.9 Å². The van der Waals surface area contributed by atoms with Gasteiger partial charge in [0.15, 0.2) is 5.65 Å². The lowest BCUT2D eigenvalue weighted by atomic mass is 9.91. The van der Waals surface area contributed by atoms with Gasteiger partial charge in [-0.25, -0.2) is 9.50 Å². The lowest BCUT2D eigenvalue weighted by Gasteiger charge is -2.35. The summed E-state index contributed by atoms with van der Waals surface area (Å²) in [6.07, 6.45) is 3.35. The van der Waals surface area contributed by atoms with Crippen LogP contribution in [-0.2, 0) is 16.0 Å². The molecule has 4 rings (SSSR count). The Morgan fingerprint density at radius 3 is 2.45 bits per heavy atom. The molecule has 4 heterocycles. The van der Waals surface area contributed by atoms with Crippen molar-refractivity contribution in [1.82, 2.24) is 24.4 Å². The molecule has 2 aromatic rings. The van der Waals surface area contributed by atoms with E-state index in [-0.39, 0.29) is 17.7 Å². The van der Waals surface area contributed by atoms with Crippen molar-refractivity contribution < 1.29 is 9.59 Å². The molecule has 0 aromatic carbocycles. The third kappa shape index (κ3) is 4.46. The van der Waals surface area contributed by atoms with Gasteiger partial charge in [-0.05, 0) is 50.5 Å². The first-order valence-electron chi connectivity index (χ1n) is 11.6. The van der Waals surface area contributed by atoms with E-state index in [1.165, 1.54) is 6.42 Å². The molecular formula is C24H35N5O2. The number of hydrogen-bond donors (Lipinski definition) is 0. The van der Waals surface area contributed by atoms with Crippen molar-refractivity contribution in [3.63, 3.8) is 0 Å². The quantitative estimate of drug-likeness (QED) is 0.755. The number of piperidine rings is 1. The summed E-state index contributed by atoms with van der Waals surface area (Å²) >= 11 is 0. The monoisotopic (exact) mass is 425 g/mol. The molecule has 0 radical (unpaired) electrons. The number of hydrogen-bond acceptors (Lipinski definition) is 4. The highest BCUT2D eigenvalue weighted by atomic mass is 16.2. The molecular weight excluding hydrogens is 390 g/mol. The number of carbonyl (C=O) groups excluding carboxylic acids is 2. The molecule has 0 aliphatic carbocycles. The second-order valence-corrected chi connectivity index (χ2v) is 9.80. The third-order valence-electron chi connectivity index (χ3n) is 7.05. The number of amides is 2. The van der Waals surface area contributed by atoms with Crippen molar-refractivity contribution in [3.05, 3.63) is 28.7 Å². The lowest BCUT2D eigenvalue weighted by molar-refractivity contribution is -0.133. The fourth-order valence-corrected chi connectivity index (χ4v) is 5.45. The zero-order valence-corrected chi connectivity index (χ0v) is 19.5. The molecule has 3 unspecified atom stereocenters. The minimum Gasteiger partial charge on any atom is -0.342 e. The van der Waals surface area contributed by atoms with Crippen LogP contribution in [0.25, 0.3) is 5.65 Å². The number of carbonyl (C=O) groups is 2. The van der Waals surface area contributed by atoms with E-state index in [4.69, 9.17) is 10.1 Å². The van der Waals surface area contributed by atoms with Crippen LogP contribution in [-0.4, -0.2) is 62.4 Å². The highest BCUT2D eigenvalue weighted by Crippen LogP contribution is 2.28. The first kappa shape index (κ1) is 21.8. The maximum atomic E-state index is 12.9. The Morgan fingerprint density at radius 1 is 1.10 bits per heavy atom. The Bertz CT molecular complexity index is 988. The van der Waals surface area contributed by atoms with Crippen LogP contribution in [0.4, 0.5) is 0 Å². The summed E-state index contributed by atoms with van der Waals surface area (Å²) in [4.78, 5) is 33.3. The number of nitrogens with zero attached hydrogens (tertiary/aromatic N) is 5. The summed E-state index contributed by atoms with van der Waals surface area (Å²) in [5.41, 5.74) is 5.00. The molecule has 3 atom stereocenters. The predicted molar refractivity (Wildman–Crippen MR) is 120 cm³/mol. The molecule has 2 saturated heterocycles. The van der Waals surface area contributed by atoms with Crippen LogP contribution < -0.4 is 0 Å². The number of fused-ring (bicyclic) bond motifs is 1. The predicted octanol–water partition coefficient (Wildman–Crippen LogP) is 3.12. The lowest BCUT2D eigenvalue weighted by Crippen LogP contribution is -2.42.